The normalized spacial score (nSPS) is 22.5. The van der Waals surface area contributed by atoms with Gasteiger partial charge in [0.2, 0.25) is 35.4 Å². The maximum atomic E-state index is 13.9. The van der Waals surface area contributed by atoms with Crippen molar-refractivity contribution in [3.63, 3.8) is 0 Å². The number of rotatable bonds is 15. The summed E-state index contributed by atoms with van der Waals surface area (Å²) in [5.74, 6) is -5.04. The van der Waals surface area contributed by atoms with Gasteiger partial charge in [0, 0.05) is 13.0 Å². The minimum absolute atomic E-state index is 0.00379. The van der Waals surface area contributed by atoms with Crippen molar-refractivity contribution >= 4 is 41.4 Å². The molecule has 0 aromatic heterocycles. The average Bonchev–Trinajstić information content (AvgIpc) is 3.65. The number of primary amides is 2. The number of aromatic hydroxyl groups is 1. The average molecular weight is 823 g/mol. The van der Waals surface area contributed by atoms with Gasteiger partial charge in [-0.25, -0.2) is 0 Å². The molecule has 0 radical (unpaired) electrons. The number of hydrogen-bond acceptors (Lipinski definition) is 11. The molecule has 1 saturated heterocycles. The first-order valence-corrected chi connectivity index (χ1v) is 20.0. The summed E-state index contributed by atoms with van der Waals surface area (Å²) in [4.78, 5) is 93.9. The number of nitrogens with zero attached hydrogens (tertiary/aromatic N) is 1. The van der Waals surface area contributed by atoms with Crippen molar-refractivity contribution in [3.8, 4) is 11.5 Å². The van der Waals surface area contributed by atoms with Gasteiger partial charge < -0.3 is 53.0 Å². The van der Waals surface area contributed by atoms with Gasteiger partial charge in [-0.3, -0.25) is 38.5 Å². The molecule has 2 bridgehead atoms. The molecular formula is C41H58N8O10. The largest absolute Gasteiger partial charge is 0.508 e. The molecule has 0 aliphatic carbocycles. The first-order valence-electron chi connectivity index (χ1n) is 20.0. The van der Waals surface area contributed by atoms with Gasteiger partial charge >= 0.3 is 0 Å². The topological polar surface area (TPSA) is 285 Å². The molecule has 1 fully saturated rings. The van der Waals surface area contributed by atoms with Gasteiger partial charge in [0.1, 0.15) is 35.7 Å². The fraction of sp³-hybridized carbons (Fsp3) is 0.537. The Kier molecular flexibility index (Phi) is 16.6. The van der Waals surface area contributed by atoms with Crippen molar-refractivity contribution in [1.82, 2.24) is 31.5 Å². The minimum Gasteiger partial charge on any atom is -0.508 e. The molecule has 0 saturated carbocycles. The Hall–Kier alpha value is -5.75. The number of phenolic OH excluding ortho intramolecular Hbond substituents is 1. The Labute approximate surface area is 343 Å². The molecule has 59 heavy (non-hydrogen) atoms. The van der Waals surface area contributed by atoms with Crippen LogP contribution in [0.25, 0.3) is 0 Å². The van der Waals surface area contributed by atoms with Gasteiger partial charge in [-0.15, -0.1) is 0 Å². The molecule has 7 amide bonds. The number of ether oxygens (including phenoxy) is 1. The number of likely N-dealkylation sites (tertiary alicyclic amines) is 1. The number of nitrogens with two attached hydrogens (primary N) is 2. The van der Waals surface area contributed by atoms with Crippen LogP contribution in [0.5, 0.6) is 11.5 Å². The zero-order valence-electron chi connectivity index (χ0n) is 33.9. The van der Waals surface area contributed by atoms with E-state index in [1.807, 2.05) is 13.8 Å². The van der Waals surface area contributed by atoms with E-state index in [4.69, 9.17) is 16.2 Å². The summed E-state index contributed by atoms with van der Waals surface area (Å²) in [6, 6.07) is 6.24. The zero-order chi connectivity index (χ0) is 43.4. The Bertz CT molecular complexity index is 1810. The van der Waals surface area contributed by atoms with Gasteiger partial charge in [0.05, 0.1) is 24.6 Å². The number of carbonyl (C=O) groups excluding carboxylic acids is 7. The highest BCUT2D eigenvalue weighted by Gasteiger charge is 2.38. The number of nitrogens with one attached hydrogen (secondary N) is 5. The van der Waals surface area contributed by atoms with Crippen molar-refractivity contribution in [1.29, 1.82) is 0 Å². The van der Waals surface area contributed by atoms with Crippen molar-refractivity contribution in [2.45, 2.75) is 109 Å². The number of benzene rings is 2. The van der Waals surface area contributed by atoms with Crippen LogP contribution in [-0.4, -0.2) is 119 Å². The van der Waals surface area contributed by atoms with Gasteiger partial charge in [-0.1, -0.05) is 58.4 Å². The van der Waals surface area contributed by atoms with Crippen LogP contribution in [0.1, 0.15) is 64.5 Å². The second-order valence-electron chi connectivity index (χ2n) is 15.7. The van der Waals surface area contributed by atoms with Gasteiger partial charge in [-0.2, -0.15) is 0 Å². The number of aliphatic hydroxyl groups excluding tert-OH is 1. The predicted molar refractivity (Wildman–Crippen MR) is 215 cm³/mol. The van der Waals surface area contributed by atoms with Crippen LogP contribution in [0.3, 0.4) is 0 Å². The van der Waals surface area contributed by atoms with E-state index in [9.17, 15) is 43.8 Å². The molecule has 11 N–H and O–H groups in total. The van der Waals surface area contributed by atoms with E-state index in [1.165, 1.54) is 12.1 Å². The second kappa shape index (κ2) is 21.3. The first kappa shape index (κ1) is 45.9. The smallest absolute Gasteiger partial charge is 0.258 e. The molecule has 2 aromatic carbocycles. The van der Waals surface area contributed by atoms with Crippen LogP contribution in [0, 0.1) is 11.8 Å². The Morgan fingerprint density at radius 2 is 1.56 bits per heavy atom. The van der Waals surface area contributed by atoms with Crippen LogP contribution < -0.4 is 42.8 Å². The van der Waals surface area contributed by atoms with Crippen LogP contribution in [0.4, 0.5) is 0 Å². The standard InChI is InChI=1S/C41H58N8O10/c1-5-23(4)36(41(58)47-35(22(2)3)37(43)54)48-40(57)31-7-6-16-49(31)20-32(51)28-17-25-10-14-27(15-11-25)59-21-34(53)44-29(18-24-8-12-26(50)13-9-24)38(55)46-30(19-33(42)52)39(56)45-28/h8-15,22-23,28-32,35-36,50-51H,5-7,16-21H2,1-4H3,(H2,42,52)(H2,43,54)(H,44,53)(H,45,56)(H,46,55)(H,47,58)(H,48,57)/t23-,28+,29-,30-,31-,32+,35-,36-/m0/s1. The predicted octanol–water partition coefficient (Wildman–Crippen LogP) is -1.12. The van der Waals surface area contributed by atoms with Gasteiger partial charge in [0.15, 0.2) is 6.61 Å². The van der Waals surface area contributed by atoms with Crippen LogP contribution in [0.15, 0.2) is 48.5 Å². The van der Waals surface area contributed by atoms with Gasteiger partial charge in [-0.05, 0) is 73.0 Å². The highest BCUT2D eigenvalue weighted by molar-refractivity contribution is 5.95. The first-order chi connectivity index (χ1) is 27.9. The quantitative estimate of drug-likeness (QED) is 0.0971. The molecule has 3 aliphatic heterocycles. The monoisotopic (exact) mass is 822 g/mol. The van der Waals surface area contributed by atoms with Crippen molar-refractivity contribution in [3.05, 3.63) is 59.7 Å². The maximum absolute atomic E-state index is 13.9. The molecule has 18 heteroatoms. The van der Waals surface area contributed by atoms with Gasteiger partial charge in [0.25, 0.3) is 5.91 Å². The Morgan fingerprint density at radius 1 is 0.898 bits per heavy atom. The van der Waals surface area contributed by atoms with Crippen LogP contribution >= 0.6 is 0 Å². The molecule has 2 aromatic rings. The molecule has 0 spiro atoms. The Morgan fingerprint density at radius 3 is 2.17 bits per heavy atom. The summed E-state index contributed by atoms with van der Waals surface area (Å²) in [6.45, 7) is 7.10. The van der Waals surface area contributed by atoms with Crippen molar-refractivity contribution in [2.75, 3.05) is 19.7 Å². The molecule has 3 heterocycles. The molecule has 0 unspecified atom stereocenters. The van der Waals surface area contributed by atoms with E-state index < -0.39 is 96.7 Å². The molecule has 8 atom stereocenters. The third-order valence-corrected chi connectivity index (χ3v) is 10.8. The SMILES string of the molecule is CC[C@H](C)[C@H](NC(=O)[C@@H]1CCCN1C[C@@H](O)[C@H]1Cc2ccc(cc2)OCC(=O)N[C@@H](Cc2ccc(O)cc2)C(=O)N[C@@H](CC(N)=O)C(=O)N1)C(=O)N[C@H](C(N)=O)C(C)C. The van der Waals surface area contributed by atoms with E-state index in [0.717, 1.165) is 0 Å². The number of aliphatic hydroxyl groups is 1. The summed E-state index contributed by atoms with van der Waals surface area (Å²) in [5.41, 5.74) is 12.3. The van der Waals surface area contributed by atoms with E-state index in [1.54, 1.807) is 55.1 Å². The summed E-state index contributed by atoms with van der Waals surface area (Å²) in [6.07, 6.45) is -0.275. The van der Waals surface area contributed by atoms with E-state index in [-0.39, 0.29) is 37.0 Å². The highest BCUT2D eigenvalue weighted by Crippen LogP contribution is 2.22. The molecular weight excluding hydrogens is 764 g/mol. The second-order valence-corrected chi connectivity index (χ2v) is 15.7. The number of hydrogen-bond donors (Lipinski definition) is 9. The lowest BCUT2D eigenvalue weighted by Crippen LogP contribution is -2.60. The third-order valence-electron chi connectivity index (χ3n) is 10.8. The van der Waals surface area contributed by atoms with Crippen molar-refractivity contribution < 1.29 is 48.5 Å². The number of carbonyl (C=O) groups is 7. The lowest BCUT2D eigenvalue weighted by molar-refractivity contribution is -0.135. The van der Waals surface area contributed by atoms with Crippen LogP contribution in [0.2, 0.25) is 0 Å². The van der Waals surface area contributed by atoms with Crippen molar-refractivity contribution in [2.24, 2.45) is 23.3 Å². The van der Waals surface area contributed by atoms with E-state index >= 15 is 0 Å². The number of phenols is 1. The number of fused-ring (bicyclic) bond motifs is 13. The molecule has 322 valence electrons. The lowest BCUT2D eigenvalue weighted by Gasteiger charge is -2.33. The maximum Gasteiger partial charge on any atom is 0.258 e. The molecule has 5 rings (SSSR count). The fourth-order valence-electron chi connectivity index (χ4n) is 7.16. The van der Waals surface area contributed by atoms with Crippen LogP contribution in [-0.2, 0) is 46.4 Å². The molecule has 18 nitrogen and oxygen atoms in total. The summed E-state index contributed by atoms with van der Waals surface area (Å²) < 4.78 is 5.67. The van der Waals surface area contributed by atoms with E-state index in [2.05, 4.69) is 26.6 Å². The molecule has 3 aliphatic rings. The van der Waals surface area contributed by atoms with E-state index in [0.29, 0.717) is 42.7 Å². The highest BCUT2D eigenvalue weighted by atomic mass is 16.5. The fourth-order valence-corrected chi connectivity index (χ4v) is 7.16. The summed E-state index contributed by atoms with van der Waals surface area (Å²) in [5, 5.41) is 35.0. The minimum atomic E-state index is -1.50. The number of amides is 7. The summed E-state index contributed by atoms with van der Waals surface area (Å²) >= 11 is 0. The lowest BCUT2D eigenvalue weighted by atomic mass is 9.96. The Balaban J connectivity index is 1.57. The summed E-state index contributed by atoms with van der Waals surface area (Å²) in [7, 11) is 0. The third kappa shape index (κ3) is 13.4. The zero-order valence-corrected chi connectivity index (χ0v) is 33.9. The number of β-amino-alcohol motifs (C(OH)–C–C–N with tert-alkyl or cyclic N) is 1.